The largest absolute Gasteiger partial charge is 0.396 e. The van der Waals surface area contributed by atoms with Crippen LogP contribution in [0.3, 0.4) is 0 Å². The first-order chi connectivity index (χ1) is 6.43. The highest BCUT2D eigenvalue weighted by Gasteiger charge is 2.07. The van der Waals surface area contributed by atoms with Crippen LogP contribution in [-0.4, -0.2) is 47.8 Å². The fraction of sp³-hybridized carbons (Fsp3) is 1.00. The Hall–Kier alpha value is 0.270. The first-order valence-electron chi connectivity index (χ1n) is 5.34. The highest BCUT2D eigenvalue weighted by Crippen LogP contribution is 2.10. The maximum Gasteiger partial charge on any atom is 0.0431 e. The number of hydrogen-bond acceptors (Lipinski definition) is 3. The molecule has 1 heterocycles. The molecule has 0 saturated carbocycles. The van der Waals surface area contributed by atoms with Crippen molar-refractivity contribution in [2.24, 2.45) is 0 Å². The van der Waals surface area contributed by atoms with Crippen molar-refractivity contribution in [1.29, 1.82) is 0 Å². The summed E-state index contributed by atoms with van der Waals surface area (Å²) in [5, 5.41) is 8.63. The SMILES string of the molecule is OCCCCCN1CCCSCC1. The summed E-state index contributed by atoms with van der Waals surface area (Å²) < 4.78 is 0. The van der Waals surface area contributed by atoms with Gasteiger partial charge in [-0.1, -0.05) is 0 Å². The van der Waals surface area contributed by atoms with Gasteiger partial charge in [-0.05, 0) is 44.5 Å². The molecule has 2 nitrogen and oxygen atoms in total. The van der Waals surface area contributed by atoms with Crippen LogP contribution in [0, 0.1) is 0 Å². The van der Waals surface area contributed by atoms with Gasteiger partial charge < -0.3 is 10.0 Å². The van der Waals surface area contributed by atoms with Gasteiger partial charge in [-0.2, -0.15) is 11.8 Å². The Morgan fingerprint density at radius 3 is 2.85 bits per heavy atom. The second kappa shape index (κ2) is 7.65. The molecule has 0 spiro atoms. The van der Waals surface area contributed by atoms with E-state index in [4.69, 9.17) is 5.11 Å². The molecule has 3 heteroatoms. The Morgan fingerprint density at radius 2 is 2.00 bits per heavy atom. The molecule has 1 fully saturated rings. The molecule has 0 aromatic carbocycles. The average molecular weight is 203 g/mol. The van der Waals surface area contributed by atoms with Crippen LogP contribution in [0.4, 0.5) is 0 Å². The monoisotopic (exact) mass is 203 g/mol. The van der Waals surface area contributed by atoms with Gasteiger partial charge in [-0.3, -0.25) is 0 Å². The van der Waals surface area contributed by atoms with Gasteiger partial charge in [0.25, 0.3) is 0 Å². The van der Waals surface area contributed by atoms with Gasteiger partial charge in [-0.15, -0.1) is 0 Å². The zero-order valence-electron chi connectivity index (χ0n) is 8.37. The third-order valence-electron chi connectivity index (χ3n) is 2.45. The number of unbranched alkanes of at least 4 members (excludes halogenated alkanes) is 2. The lowest BCUT2D eigenvalue weighted by Gasteiger charge is -2.18. The second-order valence-corrected chi connectivity index (χ2v) is 4.82. The maximum atomic E-state index is 8.63. The van der Waals surface area contributed by atoms with Crippen molar-refractivity contribution in [3.05, 3.63) is 0 Å². The molecule has 0 unspecified atom stereocenters. The Kier molecular flexibility index (Phi) is 6.68. The number of nitrogens with zero attached hydrogens (tertiary/aromatic N) is 1. The first kappa shape index (κ1) is 11.3. The van der Waals surface area contributed by atoms with E-state index in [1.165, 1.54) is 50.4 Å². The standard InChI is InChI=1S/C10H21NOS/c12-8-3-1-2-5-11-6-4-9-13-10-7-11/h12H,1-10H2. The van der Waals surface area contributed by atoms with Gasteiger partial charge in [0.1, 0.15) is 0 Å². The fourth-order valence-electron chi connectivity index (χ4n) is 1.65. The zero-order chi connectivity index (χ0) is 9.36. The van der Waals surface area contributed by atoms with Gasteiger partial charge in [0.15, 0.2) is 0 Å². The summed E-state index contributed by atoms with van der Waals surface area (Å²) >= 11 is 2.08. The summed E-state index contributed by atoms with van der Waals surface area (Å²) in [6, 6.07) is 0. The van der Waals surface area contributed by atoms with Crippen LogP contribution in [0.2, 0.25) is 0 Å². The molecule has 0 radical (unpaired) electrons. The van der Waals surface area contributed by atoms with Crippen molar-refractivity contribution in [3.63, 3.8) is 0 Å². The fourth-order valence-corrected chi connectivity index (χ4v) is 2.57. The van der Waals surface area contributed by atoms with E-state index in [9.17, 15) is 0 Å². The van der Waals surface area contributed by atoms with E-state index in [1.54, 1.807) is 0 Å². The quantitative estimate of drug-likeness (QED) is 0.686. The number of aliphatic hydroxyl groups excluding tert-OH is 1. The summed E-state index contributed by atoms with van der Waals surface area (Å²) in [5.41, 5.74) is 0. The lowest BCUT2D eigenvalue weighted by molar-refractivity contribution is 0.263. The molecule has 13 heavy (non-hydrogen) atoms. The van der Waals surface area contributed by atoms with Crippen molar-refractivity contribution < 1.29 is 5.11 Å². The number of thioether (sulfide) groups is 1. The van der Waals surface area contributed by atoms with Gasteiger partial charge in [0.2, 0.25) is 0 Å². The minimum atomic E-state index is 0.357. The maximum absolute atomic E-state index is 8.63. The third-order valence-corrected chi connectivity index (χ3v) is 3.50. The highest BCUT2D eigenvalue weighted by molar-refractivity contribution is 7.99. The van der Waals surface area contributed by atoms with Crippen LogP contribution in [0.1, 0.15) is 25.7 Å². The molecular formula is C10H21NOS. The Balaban J connectivity index is 1.98. The minimum Gasteiger partial charge on any atom is -0.396 e. The summed E-state index contributed by atoms with van der Waals surface area (Å²) in [6.45, 7) is 4.15. The average Bonchev–Trinajstić information content (AvgIpc) is 2.41. The van der Waals surface area contributed by atoms with E-state index in [0.29, 0.717) is 6.61 Å². The van der Waals surface area contributed by atoms with Crippen molar-refractivity contribution in [3.8, 4) is 0 Å². The molecular weight excluding hydrogens is 182 g/mol. The Bertz CT molecular complexity index is 113. The summed E-state index contributed by atoms with van der Waals surface area (Å²) in [7, 11) is 0. The van der Waals surface area contributed by atoms with Crippen LogP contribution in [-0.2, 0) is 0 Å². The normalized spacial score (nSPS) is 20.1. The molecule has 1 rings (SSSR count). The summed E-state index contributed by atoms with van der Waals surface area (Å²) in [4.78, 5) is 2.57. The number of rotatable bonds is 5. The van der Waals surface area contributed by atoms with Gasteiger partial charge in [-0.25, -0.2) is 0 Å². The Labute approximate surface area is 85.7 Å². The summed E-state index contributed by atoms with van der Waals surface area (Å²) in [6.07, 6.45) is 4.76. The topological polar surface area (TPSA) is 23.5 Å². The molecule has 1 aliphatic rings. The van der Waals surface area contributed by atoms with Crippen LogP contribution < -0.4 is 0 Å². The number of hydrogen-bond donors (Lipinski definition) is 1. The highest BCUT2D eigenvalue weighted by atomic mass is 32.2. The lowest BCUT2D eigenvalue weighted by Crippen LogP contribution is -2.27. The van der Waals surface area contributed by atoms with Crippen LogP contribution in [0.25, 0.3) is 0 Å². The van der Waals surface area contributed by atoms with E-state index in [0.717, 1.165) is 6.42 Å². The molecule has 78 valence electrons. The molecule has 0 bridgehead atoms. The van der Waals surface area contributed by atoms with E-state index in [1.807, 2.05) is 0 Å². The predicted octanol–water partition coefficient (Wildman–Crippen LogP) is 1.59. The molecule has 1 aliphatic heterocycles. The van der Waals surface area contributed by atoms with Gasteiger partial charge >= 0.3 is 0 Å². The molecule has 0 atom stereocenters. The van der Waals surface area contributed by atoms with E-state index in [-0.39, 0.29) is 0 Å². The van der Waals surface area contributed by atoms with Crippen molar-refractivity contribution >= 4 is 11.8 Å². The van der Waals surface area contributed by atoms with Crippen molar-refractivity contribution in [2.75, 3.05) is 37.7 Å². The number of aliphatic hydroxyl groups is 1. The van der Waals surface area contributed by atoms with E-state index < -0.39 is 0 Å². The lowest BCUT2D eigenvalue weighted by atomic mass is 10.2. The molecule has 0 aromatic heterocycles. The first-order valence-corrected chi connectivity index (χ1v) is 6.50. The summed E-state index contributed by atoms with van der Waals surface area (Å²) in [5.74, 6) is 2.65. The molecule has 0 aliphatic carbocycles. The van der Waals surface area contributed by atoms with Crippen molar-refractivity contribution in [1.82, 2.24) is 4.90 Å². The van der Waals surface area contributed by atoms with E-state index in [2.05, 4.69) is 16.7 Å². The predicted molar refractivity (Wildman–Crippen MR) is 59.3 cm³/mol. The Morgan fingerprint density at radius 1 is 1.08 bits per heavy atom. The van der Waals surface area contributed by atoms with Gasteiger partial charge in [0.05, 0.1) is 0 Å². The van der Waals surface area contributed by atoms with Crippen LogP contribution >= 0.6 is 11.8 Å². The molecule has 0 aromatic rings. The minimum absolute atomic E-state index is 0.357. The van der Waals surface area contributed by atoms with Crippen LogP contribution in [0.15, 0.2) is 0 Å². The van der Waals surface area contributed by atoms with Crippen molar-refractivity contribution in [2.45, 2.75) is 25.7 Å². The smallest absolute Gasteiger partial charge is 0.0431 e. The van der Waals surface area contributed by atoms with E-state index >= 15 is 0 Å². The molecule has 1 N–H and O–H groups in total. The van der Waals surface area contributed by atoms with Gasteiger partial charge in [0, 0.05) is 18.9 Å². The molecule has 1 saturated heterocycles. The molecule has 0 amide bonds. The third kappa shape index (κ3) is 5.55. The zero-order valence-corrected chi connectivity index (χ0v) is 9.19. The second-order valence-electron chi connectivity index (χ2n) is 3.59. The van der Waals surface area contributed by atoms with Crippen LogP contribution in [0.5, 0.6) is 0 Å².